The highest BCUT2D eigenvalue weighted by Gasteiger charge is 2.17. The average Bonchev–Trinajstić information content (AvgIpc) is 2.37. The van der Waals surface area contributed by atoms with Crippen molar-refractivity contribution in [1.29, 1.82) is 0 Å². The molecule has 0 saturated carbocycles. The monoisotopic (exact) mass is 154 g/mol. The Labute approximate surface area is 64.4 Å². The molecule has 5 nitrogen and oxygen atoms in total. The second-order valence-electron chi connectivity index (χ2n) is 2.74. The van der Waals surface area contributed by atoms with E-state index in [0.717, 1.165) is 0 Å². The SMILES string of the molecule is CC(C)(C=NO)n1cncn1. The third-order valence-corrected chi connectivity index (χ3v) is 1.38. The summed E-state index contributed by atoms with van der Waals surface area (Å²) in [6, 6.07) is 0. The molecule has 0 spiro atoms. The molecule has 11 heavy (non-hydrogen) atoms. The summed E-state index contributed by atoms with van der Waals surface area (Å²) >= 11 is 0. The summed E-state index contributed by atoms with van der Waals surface area (Å²) < 4.78 is 1.60. The molecule has 0 aromatic carbocycles. The molecule has 0 bridgehead atoms. The molecule has 1 aromatic rings. The lowest BCUT2D eigenvalue weighted by Crippen LogP contribution is -2.28. The topological polar surface area (TPSA) is 63.3 Å². The van der Waals surface area contributed by atoms with Crippen LogP contribution in [0.2, 0.25) is 0 Å². The zero-order valence-corrected chi connectivity index (χ0v) is 6.47. The van der Waals surface area contributed by atoms with E-state index < -0.39 is 5.54 Å². The lowest BCUT2D eigenvalue weighted by Gasteiger charge is -2.17. The Morgan fingerprint density at radius 2 is 2.36 bits per heavy atom. The Morgan fingerprint density at radius 3 is 2.82 bits per heavy atom. The lowest BCUT2D eigenvalue weighted by molar-refractivity contribution is 0.310. The molecule has 0 aliphatic rings. The minimum atomic E-state index is -0.425. The summed E-state index contributed by atoms with van der Waals surface area (Å²) in [5.74, 6) is 0. The van der Waals surface area contributed by atoms with Gasteiger partial charge in [0.2, 0.25) is 0 Å². The van der Waals surface area contributed by atoms with Gasteiger partial charge in [-0.1, -0.05) is 5.16 Å². The molecule has 1 rings (SSSR count). The van der Waals surface area contributed by atoms with Crippen molar-refractivity contribution >= 4 is 6.21 Å². The van der Waals surface area contributed by atoms with E-state index >= 15 is 0 Å². The molecule has 0 atom stereocenters. The van der Waals surface area contributed by atoms with Crippen LogP contribution in [0, 0.1) is 0 Å². The summed E-state index contributed by atoms with van der Waals surface area (Å²) in [4.78, 5) is 3.78. The molecule has 1 aromatic heterocycles. The van der Waals surface area contributed by atoms with Crippen molar-refractivity contribution < 1.29 is 5.21 Å². The standard InChI is InChI=1S/C6H10N4O/c1-6(2,3-9-11)10-5-7-4-8-10/h3-5,11H,1-2H3. The zero-order valence-electron chi connectivity index (χ0n) is 6.47. The highest BCUT2D eigenvalue weighted by molar-refractivity contribution is 5.65. The van der Waals surface area contributed by atoms with Crippen LogP contribution in [0.25, 0.3) is 0 Å². The summed E-state index contributed by atoms with van der Waals surface area (Å²) in [5, 5.41) is 15.2. The maximum Gasteiger partial charge on any atom is 0.137 e. The summed E-state index contributed by atoms with van der Waals surface area (Å²) in [6.07, 6.45) is 4.40. The molecule has 1 N–H and O–H groups in total. The fourth-order valence-electron chi connectivity index (χ4n) is 0.706. The van der Waals surface area contributed by atoms with Crippen LogP contribution in [0.3, 0.4) is 0 Å². The van der Waals surface area contributed by atoms with Gasteiger partial charge in [-0.25, -0.2) is 9.67 Å². The van der Waals surface area contributed by atoms with Gasteiger partial charge < -0.3 is 5.21 Å². The highest BCUT2D eigenvalue weighted by atomic mass is 16.4. The molecular formula is C6H10N4O. The van der Waals surface area contributed by atoms with Gasteiger partial charge >= 0.3 is 0 Å². The fraction of sp³-hybridized carbons (Fsp3) is 0.500. The van der Waals surface area contributed by atoms with Crippen molar-refractivity contribution in [3.8, 4) is 0 Å². The summed E-state index contributed by atoms with van der Waals surface area (Å²) in [7, 11) is 0. The number of nitrogens with zero attached hydrogens (tertiary/aromatic N) is 4. The number of rotatable bonds is 2. The lowest BCUT2D eigenvalue weighted by atomic mass is 10.1. The van der Waals surface area contributed by atoms with Crippen LogP contribution >= 0.6 is 0 Å². The van der Waals surface area contributed by atoms with Crippen molar-refractivity contribution in [2.75, 3.05) is 0 Å². The average molecular weight is 154 g/mol. The van der Waals surface area contributed by atoms with Crippen LogP contribution in [0.4, 0.5) is 0 Å². The van der Waals surface area contributed by atoms with Crippen LogP contribution in [-0.2, 0) is 5.54 Å². The smallest absolute Gasteiger partial charge is 0.137 e. The van der Waals surface area contributed by atoms with Gasteiger partial charge in [-0.2, -0.15) is 5.10 Å². The molecule has 0 unspecified atom stereocenters. The molecule has 0 radical (unpaired) electrons. The van der Waals surface area contributed by atoms with E-state index in [1.807, 2.05) is 13.8 Å². The van der Waals surface area contributed by atoms with Crippen LogP contribution in [0.5, 0.6) is 0 Å². The molecule has 5 heteroatoms. The molecule has 0 aliphatic heterocycles. The Bertz CT molecular complexity index is 239. The normalized spacial score (nSPS) is 12.5. The van der Waals surface area contributed by atoms with Crippen molar-refractivity contribution in [2.24, 2.45) is 5.16 Å². The largest absolute Gasteiger partial charge is 0.411 e. The zero-order chi connectivity index (χ0) is 8.32. The first kappa shape index (κ1) is 7.71. The molecule has 0 saturated heterocycles. The van der Waals surface area contributed by atoms with E-state index in [9.17, 15) is 0 Å². The van der Waals surface area contributed by atoms with Crippen molar-refractivity contribution in [3.63, 3.8) is 0 Å². The molecule has 60 valence electrons. The molecule has 0 amide bonds. The summed E-state index contributed by atoms with van der Waals surface area (Å²) in [5.41, 5.74) is -0.425. The van der Waals surface area contributed by atoms with Crippen molar-refractivity contribution in [2.45, 2.75) is 19.4 Å². The molecule has 0 aliphatic carbocycles. The highest BCUT2D eigenvalue weighted by Crippen LogP contribution is 2.08. The third kappa shape index (κ3) is 1.54. The van der Waals surface area contributed by atoms with E-state index in [2.05, 4.69) is 15.2 Å². The maximum atomic E-state index is 8.31. The second kappa shape index (κ2) is 2.69. The Morgan fingerprint density at radius 1 is 1.64 bits per heavy atom. The number of oxime groups is 1. The van der Waals surface area contributed by atoms with Crippen LogP contribution in [0.1, 0.15) is 13.8 Å². The number of aromatic nitrogens is 3. The van der Waals surface area contributed by atoms with E-state index in [-0.39, 0.29) is 0 Å². The van der Waals surface area contributed by atoms with E-state index in [0.29, 0.717) is 0 Å². The van der Waals surface area contributed by atoms with Gasteiger partial charge in [-0.05, 0) is 13.8 Å². The van der Waals surface area contributed by atoms with E-state index in [4.69, 9.17) is 5.21 Å². The quantitative estimate of drug-likeness (QED) is 0.382. The van der Waals surface area contributed by atoms with Gasteiger partial charge in [0.15, 0.2) is 0 Å². The Kier molecular flexibility index (Phi) is 1.89. The van der Waals surface area contributed by atoms with Gasteiger partial charge in [0.05, 0.1) is 11.8 Å². The first-order valence-corrected chi connectivity index (χ1v) is 3.20. The van der Waals surface area contributed by atoms with Gasteiger partial charge in [0.25, 0.3) is 0 Å². The Hall–Kier alpha value is -1.39. The fourth-order valence-corrected chi connectivity index (χ4v) is 0.706. The minimum Gasteiger partial charge on any atom is -0.411 e. The molecule has 0 fully saturated rings. The van der Waals surface area contributed by atoms with Crippen molar-refractivity contribution in [1.82, 2.24) is 14.8 Å². The van der Waals surface area contributed by atoms with E-state index in [1.54, 1.807) is 11.0 Å². The van der Waals surface area contributed by atoms with Gasteiger partial charge in [0, 0.05) is 0 Å². The van der Waals surface area contributed by atoms with E-state index in [1.165, 1.54) is 12.5 Å². The predicted molar refractivity (Wildman–Crippen MR) is 39.6 cm³/mol. The van der Waals surface area contributed by atoms with Gasteiger partial charge in [-0.3, -0.25) is 0 Å². The Balaban J connectivity index is 2.90. The van der Waals surface area contributed by atoms with Crippen LogP contribution in [-0.4, -0.2) is 26.2 Å². The first-order valence-electron chi connectivity index (χ1n) is 3.20. The third-order valence-electron chi connectivity index (χ3n) is 1.38. The minimum absolute atomic E-state index is 0.425. The maximum absolute atomic E-state index is 8.31. The first-order chi connectivity index (χ1) is 5.17. The van der Waals surface area contributed by atoms with Crippen molar-refractivity contribution in [3.05, 3.63) is 12.7 Å². The van der Waals surface area contributed by atoms with Crippen LogP contribution < -0.4 is 0 Å². The molecule has 1 heterocycles. The second-order valence-corrected chi connectivity index (χ2v) is 2.74. The number of hydrogen-bond donors (Lipinski definition) is 1. The summed E-state index contributed by atoms with van der Waals surface area (Å²) in [6.45, 7) is 3.72. The number of hydrogen-bond acceptors (Lipinski definition) is 4. The molecular weight excluding hydrogens is 144 g/mol. The van der Waals surface area contributed by atoms with Gasteiger partial charge in [-0.15, -0.1) is 0 Å². The van der Waals surface area contributed by atoms with Crippen LogP contribution in [0.15, 0.2) is 17.8 Å². The predicted octanol–water partition coefficient (Wildman–Crippen LogP) is 0.473. The van der Waals surface area contributed by atoms with Gasteiger partial charge in [0.1, 0.15) is 12.7 Å².